The minimum Gasteiger partial charge on any atom is -0.274 e. The summed E-state index contributed by atoms with van der Waals surface area (Å²) < 4.78 is 0.302. The van der Waals surface area contributed by atoms with Crippen molar-refractivity contribution in [3.63, 3.8) is 0 Å². The number of benzene rings is 2. The van der Waals surface area contributed by atoms with Gasteiger partial charge in [-0.1, -0.05) is 59.8 Å². The van der Waals surface area contributed by atoms with Crippen LogP contribution in [-0.2, 0) is 14.4 Å². The molecule has 134 valence electrons. The second-order valence-corrected chi connectivity index (χ2v) is 7.95. The summed E-state index contributed by atoms with van der Waals surface area (Å²) in [5.74, 6) is -1.33. The quantitative estimate of drug-likeness (QED) is 0.521. The zero-order valence-electron chi connectivity index (χ0n) is 13.9. The van der Waals surface area contributed by atoms with Crippen molar-refractivity contribution in [1.29, 1.82) is 0 Å². The van der Waals surface area contributed by atoms with Crippen LogP contribution in [0.3, 0.4) is 0 Å². The number of fused-ring (bicyclic) bond motifs is 1. The Morgan fingerprint density at radius 1 is 1.07 bits per heavy atom. The van der Waals surface area contributed by atoms with Gasteiger partial charge in [-0.05, 0) is 24.3 Å². The number of para-hydroxylation sites is 1. The molecule has 0 N–H and O–H groups in total. The molecule has 27 heavy (non-hydrogen) atoms. The molecule has 2 aliphatic heterocycles. The SMILES string of the molecule is CC(=O)N1C(=O)C(=C2SC(=S)N(c3cccc(Cl)c3)C2=O)c2ccccc21. The maximum atomic E-state index is 13.1. The van der Waals surface area contributed by atoms with Crippen LogP contribution in [0.15, 0.2) is 53.4 Å². The van der Waals surface area contributed by atoms with Crippen molar-refractivity contribution in [2.45, 2.75) is 6.92 Å². The number of thiocarbonyl (C=S) groups is 1. The van der Waals surface area contributed by atoms with Crippen LogP contribution in [0.1, 0.15) is 12.5 Å². The van der Waals surface area contributed by atoms with E-state index in [-0.39, 0.29) is 10.5 Å². The first-order valence-electron chi connectivity index (χ1n) is 7.90. The molecule has 2 aromatic rings. The molecule has 0 saturated carbocycles. The van der Waals surface area contributed by atoms with Gasteiger partial charge in [0.25, 0.3) is 11.8 Å². The van der Waals surface area contributed by atoms with E-state index >= 15 is 0 Å². The number of imide groups is 1. The Balaban J connectivity index is 1.87. The number of carbonyl (C=O) groups excluding carboxylic acids is 3. The minimum absolute atomic E-state index is 0.197. The van der Waals surface area contributed by atoms with Crippen molar-refractivity contribution < 1.29 is 14.4 Å². The highest BCUT2D eigenvalue weighted by Gasteiger charge is 2.43. The summed E-state index contributed by atoms with van der Waals surface area (Å²) in [6.45, 7) is 1.31. The summed E-state index contributed by atoms with van der Waals surface area (Å²) in [6, 6.07) is 13.7. The average molecular weight is 415 g/mol. The van der Waals surface area contributed by atoms with Gasteiger partial charge in [0.15, 0.2) is 4.32 Å². The predicted octanol–water partition coefficient (Wildman–Crippen LogP) is 4.01. The van der Waals surface area contributed by atoms with E-state index < -0.39 is 17.7 Å². The molecule has 0 radical (unpaired) electrons. The number of rotatable bonds is 1. The lowest BCUT2D eigenvalue weighted by molar-refractivity contribution is -0.122. The van der Waals surface area contributed by atoms with Crippen molar-refractivity contribution in [1.82, 2.24) is 0 Å². The van der Waals surface area contributed by atoms with Gasteiger partial charge in [0, 0.05) is 17.5 Å². The number of nitrogens with zero attached hydrogens (tertiary/aromatic N) is 2. The van der Waals surface area contributed by atoms with Crippen molar-refractivity contribution in [2.75, 3.05) is 9.80 Å². The second-order valence-electron chi connectivity index (χ2n) is 5.87. The van der Waals surface area contributed by atoms with Gasteiger partial charge in [0.2, 0.25) is 5.91 Å². The van der Waals surface area contributed by atoms with Crippen LogP contribution in [0.4, 0.5) is 11.4 Å². The molecule has 8 heteroatoms. The van der Waals surface area contributed by atoms with Gasteiger partial charge in [0.05, 0.1) is 21.9 Å². The molecule has 1 fully saturated rings. The summed E-state index contributed by atoms with van der Waals surface area (Å²) in [5.41, 5.74) is 1.74. The Bertz CT molecular complexity index is 1080. The van der Waals surface area contributed by atoms with E-state index in [9.17, 15) is 14.4 Å². The molecule has 0 spiro atoms. The smallest absolute Gasteiger partial charge is 0.271 e. The highest BCUT2D eigenvalue weighted by Crippen LogP contribution is 2.45. The number of hydrogen-bond donors (Lipinski definition) is 0. The van der Waals surface area contributed by atoms with Gasteiger partial charge in [-0.25, -0.2) is 4.90 Å². The van der Waals surface area contributed by atoms with E-state index in [2.05, 4.69) is 0 Å². The molecule has 2 heterocycles. The van der Waals surface area contributed by atoms with Gasteiger partial charge in [-0.3, -0.25) is 19.3 Å². The lowest BCUT2D eigenvalue weighted by atomic mass is 10.1. The van der Waals surface area contributed by atoms with E-state index in [4.69, 9.17) is 23.8 Å². The van der Waals surface area contributed by atoms with E-state index in [1.807, 2.05) is 0 Å². The number of amides is 3. The Morgan fingerprint density at radius 2 is 1.81 bits per heavy atom. The highest BCUT2D eigenvalue weighted by molar-refractivity contribution is 8.27. The molecular weight excluding hydrogens is 404 g/mol. The van der Waals surface area contributed by atoms with E-state index in [1.54, 1.807) is 48.5 Å². The highest BCUT2D eigenvalue weighted by atomic mass is 35.5. The standard InChI is InChI=1S/C19H11ClN2O3S2/c1-10(23)21-14-8-3-2-7-13(14)15(17(21)24)16-18(25)22(19(26)27-16)12-6-4-5-11(20)9-12/h2-9H,1H3. The maximum Gasteiger partial charge on any atom is 0.271 e. The Hall–Kier alpha value is -2.48. The Morgan fingerprint density at radius 3 is 2.52 bits per heavy atom. The molecule has 0 atom stereocenters. The molecule has 0 aliphatic carbocycles. The topological polar surface area (TPSA) is 57.7 Å². The van der Waals surface area contributed by atoms with E-state index in [0.717, 1.165) is 16.7 Å². The van der Waals surface area contributed by atoms with Crippen molar-refractivity contribution in [2.24, 2.45) is 0 Å². The number of anilines is 2. The summed E-state index contributed by atoms with van der Waals surface area (Å²) in [4.78, 5) is 40.7. The number of carbonyl (C=O) groups is 3. The first-order valence-corrected chi connectivity index (χ1v) is 9.51. The molecule has 4 rings (SSSR count). The molecule has 1 saturated heterocycles. The summed E-state index contributed by atoms with van der Waals surface area (Å²) in [5, 5.41) is 0.472. The summed E-state index contributed by atoms with van der Waals surface area (Å²) in [7, 11) is 0. The molecule has 2 aromatic carbocycles. The van der Waals surface area contributed by atoms with Crippen LogP contribution < -0.4 is 9.80 Å². The number of hydrogen-bond acceptors (Lipinski definition) is 5. The lowest BCUT2D eigenvalue weighted by Gasteiger charge is -2.14. The van der Waals surface area contributed by atoms with Gasteiger partial charge in [-0.15, -0.1) is 0 Å². The fraction of sp³-hybridized carbons (Fsp3) is 0.0526. The van der Waals surface area contributed by atoms with Crippen LogP contribution in [0.2, 0.25) is 5.02 Å². The second kappa shape index (κ2) is 6.60. The molecule has 0 bridgehead atoms. The normalized spacial score (nSPS) is 19.1. The van der Waals surface area contributed by atoms with Crippen LogP contribution in [0.25, 0.3) is 5.57 Å². The van der Waals surface area contributed by atoms with Crippen molar-refractivity contribution >= 4 is 74.6 Å². The number of thioether (sulfide) groups is 1. The van der Waals surface area contributed by atoms with Crippen molar-refractivity contribution in [3.05, 3.63) is 64.0 Å². The van der Waals surface area contributed by atoms with Crippen LogP contribution in [0, 0.1) is 0 Å². The lowest BCUT2D eigenvalue weighted by Crippen LogP contribution is -2.32. The third kappa shape index (κ3) is 2.79. The maximum absolute atomic E-state index is 13.1. The van der Waals surface area contributed by atoms with E-state index in [0.29, 0.717) is 26.3 Å². The Labute approximate surface area is 169 Å². The van der Waals surface area contributed by atoms with Crippen LogP contribution >= 0.6 is 35.6 Å². The zero-order valence-corrected chi connectivity index (χ0v) is 16.3. The molecule has 0 unspecified atom stereocenters. The first-order chi connectivity index (χ1) is 12.9. The largest absolute Gasteiger partial charge is 0.274 e. The third-order valence-corrected chi connectivity index (χ3v) is 5.82. The number of halogens is 1. The molecule has 3 amide bonds. The Kier molecular flexibility index (Phi) is 4.38. The molecule has 0 aromatic heterocycles. The fourth-order valence-electron chi connectivity index (χ4n) is 3.11. The van der Waals surface area contributed by atoms with Gasteiger partial charge < -0.3 is 0 Å². The molecule has 5 nitrogen and oxygen atoms in total. The molecule has 2 aliphatic rings. The average Bonchev–Trinajstić information content (AvgIpc) is 3.07. The summed E-state index contributed by atoms with van der Waals surface area (Å²) in [6.07, 6.45) is 0. The summed E-state index contributed by atoms with van der Waals surface area (Å²) >= 11 is 12.4. The van der Waals surface area contributed by atoms with Crippen molar-refractivity contribution in [3.8, 4) is 0 Å². The third-order valence-electron chi connectivity index (χ3n) is 4.21. The van der Waals surface area contributed by atoms with Crippen LogP contribution in [-0.4, -0.2) is 22.0 Å². The molecular formula is C19H11ClN2O3S2. The minimum atomic E-state index is -0.518. The van der Waals surface area contributed by atoms with Gasteiger partial charge in [0.1, 0.15) is 0 Å². The van der Waals surface area contributed by atoms with E-state index in [1.165, 1.54) is 11.8 Å². The van der Waals surface area contributed by atoms with Gasteiger partial charge >= 0.3 is 0 Å². The first kappa shape index (κ1) is 17.9. The van der Waals surface area contributed by atoms with Gasteiger partial charge in [-0.2, -0.15) is 0 Å². The monoisotopic (exact) mass is 414 g/mol. The van der Waals surface area contributed by atoms with Crippen LogP contribution in [0.5, 0.6) is 0 Å². The fourth-order valence-corrected chi connectivity index (χ4v) is 4.66. The predicted molar refractivity (Wildman–Crippen MR) is 111 cm³/mol. The zero-order chi connectivity index (χ0) is 19.3.